The second kappa shape index (κ2) is 8.15. The van der Waals surface area contributed by atoms with E-state index in [1.807, 2.05) is 43.0 Å². The number of rotatable bonds is 7. The van der Waals surface area contributed by atoms with Crippen molar-refractivity contribution >= 4 is 11.6 Å². The molecule has 0 bridgehead atoms. The molecule has 0 aromatic heterocycles. The second-order valence-electron chi connectivity index (χ2n) is 6.20. The highest BCUT2D eigenvalue weighted by molar-refractivity contribution is 5.92. The van der Waals surface area contributed by atoms with Crippen LogP contribution in [0.3, 0.4) is 0 Å². The Kier molecular flexibility index (Phi) is 6.85. The SMILES string of the molecule is CC(O)CN(CC(=O)Nc1ccc(C(C)C)cc1)C(C)C. The van der Waals surface area contributed by atoms with Crippen molar-refractivity contribution in [1.29, 1.82) is 0 Å². The molecule has 21 heavy (non-hydrogen) atoms. The maximum atomic E-state index is 12.1. The highest BCUT2D eigenvalue weighted by Crippen LogP contribution is 2.17. The molecule has 0 heterocycles. The Morgan fingerprint density at radius 3 is 2.14 bits per heavy atom. The molecule has 0 spiro atoms. The van der Waals surface area contributed by atoms with E-state index in [0.29, 0.717) is 12.5 Å². The Balaban J connectivity index is 2.59. The van der Waals surface area contributed by atoms with Gasteiger partial charge in [-0.15, -0.1) is 0 Å². The summed E-state index contributed by atoms with van der Waals surface area (Å²) in [7, 11) is 0. The van der Waals surface area contributed by atoms with Gasteiger partial charge in [0.05, 0.1) is 12.6 Å². The number of anilines is 1. The van der Waals surface area contributed by atoms with Crippen LogP contribution in [0.4, 0.5) is 5.69 Å². The predicted octanol–water partition coefficient (Wildman–Crippen LogP) is 2.84. The van der Waals surface area contributed by atoms with E-state index in [2.05, 4.69) is 19.2 Å². The number of benzene rings is 1. The molecule has 4 heteroatoms. The van der Waals surface area contributed by atoms with Gasteiger partial charge in [0.2, 0.25) is 5.91 Å². The van der Waals surface area contributed by atoms with Crippen molar-refractivity contribution < 1.29 is 9.90 Å². The molecule has 4 nitrogen and oxygen atoms in total. The number of aliphatic hydroxyl groups is 1. The second-order valence-corrected chi connectivity index (χ2v) is 6.20. The van der Waals surface area contributed by atoms with Crippen LogP contribution in [0.15, 0.2) is 24.3 Å². The first-order chi connectivity index (χ1) is 9.79. The minimum absolute atomic E-state index is 0.0540. The van der Waals surface area contributed by atoms with Gasteiger partial charge in [-0.05, 0) is 44.4 Å². The summed E-state index contributed by atoms with van der Waals surface area (Å²) >= 11 is 0. The van der Waals surface area contributed by atoms with E-state index in [9.17, 15) is 9.90 Å². The third-order valence-electron chi connectivity index (χ3n) is 3.44. The largest absolute Gasteiger partial charge is 0.392 e. The van der Waals surface area contributed by atoms with Gasteiger partial charge in [0.15, 0.2) is 0 Å². The van der Waals surface area contributed by atoms with E-state index in [1.165, 1.54) is 5.56 Å². The summed E-state index contributed by atoms with van der Waals surface area (Å²) in [6, 6.07) is 8.16. The minimum atomic E-state index is -0.439. The summed E-state index contributed by atoms with van der Waals surface area (Å²) in [5.41, 5.74) is 2.07. The quantitative estimate of drug-likeness (QED) is 0.812. The Bertz CT molecular complexity index is 439. The molecule has 0 fully saturated rings. The van der Waals surface area contributed by atoms with Crippen LogP contribution in [0.25, 0.3) is 0 Å². The zero-order chi connectivity index (χ0) is 16.0. The number of hydrogen-bond donors (Lipinski definition) is 2. The first-order valence-corrected chi connectivity index (χ1v) is 7.61. The first-order valence-electron chi connectivity index (χ1n) is 7.61. The van der Waals surface area contributed by atoms with E-state index in [0.717, 1.165) is 5.69 Å². The zero-order valence-electron chi connectivity index (χ0n) is 13.8. The molecular weight excluding hydrogens is 264 g/mol. The van der Waals surface area contributed by atoms with Crippen molar-refractivity contribution in [1.82, 2.24) is 4.90 Å². The van der Waals surface area contributed by atoms with Crippen LogP contribution < -0.4 is 5.32 Å². The molecule has 1 unspecified atom stereocenters. The van der Waals surface area contributed by atoms with E-state index >= 15 is 0 Å². The Hall–Kier alpha value is -1.39. The Morgan fingerprint density at radius 1 is 1.14 bits per heavy atom. The van der Waals surface area contributed by atoms with Gasteiger partial charge < -0.3 is 10.4 Å². The standard InChI is InChI=1S/C17H28N2O2/c1-12(2)15-6-8-16(9-7-15)18-17(21)11-19(13(3)4)10-14(5)20/h6-9,12-14,20H,10-11H2,1-5H3,(H,18,21). The summed E-state index contributed by atoms with van der Waals surface area (Å²) in [6.45, 7) is 10.8. The van der Waals surface area contributed by atoms with Crippen LogP contribution in [0.1, 0.15) is 46.1 Å². The van der Waals surface area contributed by atoms with Gasteiger partial charge in [-0.1, -0.05) is 26.0 Å². The number of carbonyl (C=O) groups is 1. The average Bonchev–Trinajstić information content (AvgIpc) is 2.37. The van der Waals surface area contributed by atoms with Crippen molar-refractivity contribution in [2.24, 2.45) is 0 Å². The van der Waals surface area contributed by atoms with E-state index in [1.54, 1.807) is 6.92 Å². The van der Waals surface area contributed by atoms with Crippen LogP contribution >= 0.6 is 0 Å². The summed E-state index contributed by atoms with van der Waals surface area (Å²) in [5.74, 6) is 0.430. The summed E-state index contributed by atoms with van der Waals surface area (Å²) in [4.78, 5) is 14.1. The van der Waals surface area contributed by atoms with Gasteiger partial charge in [-0.3, -0.25) is 9.69 Å². The zero-order valence-corrected chi connectivity index (χ0v) is 13.8. The van der Waals surface area contributed by atoms with E-state index in [4.69, 9.17) is 0 Å². The molecule has 2 N–H and O–H groups in total. The molecule has 1 atom stereocenters. The molecule has 0 aliphatic rings. The third kappa shape index (κ3) is 6.27. The molecule has 0 radical (unpaired) electrons. The molecule has 1 rings (SSSR count). The molecule has 0 aliphatic heterocycles. The molecule has 1 aromatic carbocycles. The highest BCUT2D eigenvalue weighted by Gasteiger charge is 2.16. The molecular formula is C17H28N2O2. The lowest BCUT2D eigenvalue weighted by Gasteiger charge is -2.26. The van der Waals surface area contributed by atoms with Gasteiger partial charge in [0.25, 0.3) is 0 Å². The van der Waals surface area contributed by atoms with Crippen LogP contribution in [0.5, 0.6) is 0 Å². The monoisotopic (exact) mass is 292 g/mol. The predicted molar refractivity (Wildman–Crippen MR) is 87.6 cm³/mol. The molecule has 118 valence electrons. The lowest BCUT2D eigenvalue weighted by Crippen LogP contribution is -2.41. The van der Waals surface area contributed by atoms with Crippen LogP contribution in [0.2, 0.25) is 0 Å². The number of hydrogen-bond acceptors (Lipinski definition) is 3. The van der Waals surface area contributed by atoms with Crippen molar-refractivity contribution in [3.05, 3.63) is 29.8 Å². The lowest BCUT2D eigenvalue weighted by atomic mass is 10.0. The van der Waals surface area contributed by atoms with Crippen molar-refractivity contribution in [2.45, 2.75) is 52.7 Å². The number of carbonyl (C=O) groups excluding carboxylic acids is 1. The fourth-order valence-electron chi connectivity index (χ4n) is 2.13. The van der Waals surface area contributed by atoms with E-state index < -0.39 is 6.10 Å². The summed E-state index contributed by atoms with van der Waals surface area (Å²) in [6.07, 6.45) is -0.439. The number of nitrogens with one attached hydrogen (secondary N) is 1. The molecule has 1 aromatic rings. The van der Waals surface area contributed by atoms with Crippen molar-refractivity contribution in [3.63, 3.8) is 0 Å². The fourth-order valence-corrected chi connectivity index (χ4v) is 2.13. The molecule has 1 amide bonds. The van der Waals surface area contributed by atoms with Crippen molar-refractivity contribution in [3.8, 4) is 0 Å². The fraction of sp³-hybridized carbons (Fsp3) is 0.588. The first kappa shape index (κ1) is 17.7. The maximum Gasteiger partial charge on any atom is 0.238 e. The van der Waals surface area contributed by atoms with Crippen LogP contribution in [-0.2, 0) is 4.79 Å². The molecule has 0 saturated heterocycles. The lowest BCUT2D eigenvalue weighted by molar-refractivity contribution is -0.118. The smallest absolute Gasteiger partial charge is 0.238 e. The number of nitrogens with zero attached hydrogens (tertiary/aromatic N) is 1. The van der Waals surface area contributed by atoms with Crippen LogP contribution in [0, 0.1) is 0 Å². The van der Waals surface area contributed by atoms with Gasteiger partial charge in [-0.2, -0.15) is 0 Å². The normalized spacial score (nSPS) is 13.0. The minimum Gasteiger partial charge on any atom is -0.392 e. The van der Waals surface area contributed by atoms with Gasteiger partial charge >= 0.3 is 0 Å². The average molecular weight is 292 g/mol. The van der Waals surface area contributed by atoms with E-state index in [-0.39, 0.29) is 18.5 Å². The number of aliphatic hydroxyl groups excluding tert-OH is 1. The summed E-state index contributed by atoms with van der Waals surface area (Å²) < 4.78 is 0. The van der Waals surface area contributed by atoms with Gasteiger partial charge in [0, 0.05) is 18.3 Å². The Labute approximate surface area is 128 Å². The maximum absolute atomic E-state index is 12.1. The third-order valence-corrected chi connectivity index (χ3v) is 3.44. The van der Waals surface area contributed by atoms with Crippen molar-refractivity contribution in [2.75, 3.05) is 18.4 Å². The molecule has 0 aliphatic carbocycles. The molecule has 0 saturated carbocycles. The number of amides is 1. The Morgan fingerprint density at radius 2 is 1.71 bits per heavy atom. The summed E-state index contributed by atoms with van der Waals surface area (Å²) in [5, 5.41) is 12.4. The van der Waals surface area contributed by atoms with Gasteiger partial charge in [-0.25, -0.2) is 0 Å². The van der Waals surface area contributed by atoms with Gasteiger partial charge in [0.1, 0.15) is 0 Å². The highest BCUT2D eigenvalue weighted by atomic mass is 16.3. The van der Waals surface area contributed by atoms with Crippen LogP contribution in [-0.4, -0.2) is 41.1 Å². The topological polar surface area (TPSA) is 52.6 Å².